The number of carbonyl (C=O) groups excluding carboxylic acids is 1. The topological polar surface area (TPSA) is 107 Å². The number of nitro groups is 1. The van der Waals surface area contributed by atoms with Gasteiger partial charge in [-0.25, -0.2) is 13.2 Å². The Bertz CT molecular complexity index is 1200. The van der Waals surface area contributed by atoms with Gasteiger partial charge in [-0.05, 0) is 36.1 Å². The molecule has 0 spiro atoms. The Kier molecular flexibility index (Phi) is 6.97. The van der Waals surface area contributed by atoms with Gasteiger partial charge < -0.3 is 4.74 Å². The van der Waals surface area contributed by atoms with Gasteiger partial charge in [0.25, 0.3) is 5.69 Å². The van der Waals surface area contributed by atoms with E-state index in [9.17, 15) is 23.3 Å². The van der Waals surface area contributed by atoms with E-state index in [1.807, 2.05) is 20.8 Å². The molecule has 0 bridgehead atoms. The van der Waals surface area contributed by atoms with Gasteiger partial charge >= 0.3 is 5.97 Å². The molecule has 0 aromatic heterocycles. The summed E-state index contributed by atoms with van der Waals surface area (Å²) in [5.41, 5.74) is -0.205. The number of carbonyl (C=O) groups is 1. The molecule has 2 aromatic carbocycles. The number of nitro benzene ring substituents is 1. The molecule has 0 saturated heterocycles. The van der Waals surface area contributed by atoms with Gasteiger partial charge in [0.2, 0.25) is 10.0 Å². The Morgan fingerprint density at radius 3 is 2.27 bits per heavy atom. The highest BCUT2D eigenvalue weighted by Crippen LogP contribution is 2.47. The van der Waals surface area contributed by atoms with Crippen molar-refractivity contribution in [3.8, 4) is 0 Å². The first-order chi connectivity index (χ1) is 15.4. The van der Waals surface area contributed by atoms with Gasteiger partial charge in [-0.3, -0.25) is 10.1 Å². The number of sulfonamides is 1. The van der Waals surface area contributed by atoms with Crippen LogP contribution in [0, 0.1) is 15.5 Å². The van der Waals surface area contributed by atoms with Crippen molar-refractivity contribution in [1.82, 2.24) is 4.31 Å². The first kappa shape index (κ1) is 24.9. The second-order valence-corrected chi connectivity index (χ2v) is 10.9. The molecule has 3 rings (SSSR count). The molecular weight excluding hydrogens is 468 g/mol. The van der Waals surface area contributed by atoms with Crippen LogP contribution >= 0.6 is 11.6 Å². The SMILES string of the molecule is CCOC(=O)C1=C[C@@H](C(C)(C)C)N(S(=O)(=O)c2ccc([N+](=O)[O-])cc2)[C@H]1c1ccccc1Cl. The molecule has 10 heteroatoms. The molecule has 33 heavy (non-hydrogen) atoms. The second-order valence-electron chi connectivity index (χ2n) is 8.66. The van der Waals surface area contributed by atoms with Gasteiger partial charge in [-0.15, -0.1) is 0 Å². The number of ether oxygens (including phenoxy) is 1. The quantitative estimate of drug-likeness (QED) is 0.322. The highest BCUT2D eigenvalue weighted by molar-refractivity contribution is 7.89. The van der Waals surface area contributed by atoms with E-state index in [0.717, 1.165) is 12.1 Å². The third kappa shape index (κ3) is 4.80. The van der Waals surface area contributed by atoms with Gasteiger partial charge in [0.05, 0.1) is 28.0 Å². The van der Waals surface area contributed by atoms with Crippen LogP contribution in [-0.4, -0.2) is 36.3 Å². The van der Waals surface area contributed by atoms with Crippen molar-refractivity contribution in [2.24, 2.45) is 5.41 Å². The Morgan fingerprint density at radius 1 is 1.15 bits per heavy atom. The van der Waals surface area contributed by atoms with Crippen molar-refractivity contribution in [3.63, 3.8) is 0 Å². The van der Waals surface area contributed by atoms with Crippen molar-refractivity contribution in [3.05, 3.63) is 80.9 Å². The van der Waals surface area contributed by atoms with E-state index in [2.05, 4.69) is 0 Å². The molecule has 1 heterocycles. The summed E-state index contributed by atoms with van der Waals surface area (Å²) < 4.78 is 34.3. The van der Waals surface area contributed by atoms with Crippen LogP contribution in [0.3, 0.4) is 0 Å². The predicted molar refractivity (Wildman–Crippen MR) is 124 cm³/mol. The van der Waals surface area contributed by atoms with Crippen LogP contribution in [0.4, 0.5) is 5.69 Å². The zero-order valence-corrected chi connectivity index (χ0v) is 20.3. The van der Waals surface area contributed by atoms with E-state index < -0.39 is 38.4 Å². The molecule has 2 atom stereocenters. The lowest BCUT2D eigenvalue weighted by Crippen LogP contribution is -2.45. The molecule has 0 amide bonds. The lowest BCUT2D eigenvalue weighted by Gasteiger charge is -2.37. The normalized spacial score (nSPS) is 19.2. The third-order valence-corrected chi connectivity index (χ3v) is 7.59. The number of nitrogens with zero attached hydrogens (tertiary/aromatic N) is 2. The van der Waals surface area contributed by atoms with E-state index in [0.29, 0.717) is 10.6 Å². The Morgan fingerprint density at radius 2 is 1.76 bits per heavy atom. The summed E-state index contributed by atoms with van der Waals surface area (Å²) in [5.74, 6) is -0.627. The van der Waals surface area contributed by atoms with Crippen molar-refractivity contribution >= 4 is 33.3 Å². The molecule has 0 radical (unpaired) electrons. The molecule has 176 valence electrons. The molecule has 8 nitrogen and oxygen atoms in total. The summed E-state index contributed by atoms with van der Waals surface area (Å²) in [5, 5.41) is 11.3. The molecular formula is C23H25ClN2O6S. The fourth-order valence-electron chi connectivity index (χ4n) is 3.81. The first-order valence-electron chi connectivity index (χ1n) is 10.3. The van der Waals surface area contributed by atoms with Crippen LogP contribution in [0.15, 0.2) is 65.1 Å². The van der Waals surface area contributed by atoms with E-state index in [1.54, 1.807) is 37.3 Å². The number of halogens is 1. The average Bonchev–Trinajstić information content (AvgIpc) is 3.16. The first-order valence-corrected chi connectivity index (χ1v) is 12.1. The van der Waals surface area contributed by atoms with Gasteiger partial charge in [0.1, 0.15) is 0 Å². The van der Waals surface area contributed by atoms with E-state index in [1.165, 1.54) is 16.4 Å². The molecule has 0 fully saturated rings. The zero-order valence-electron chi connectivity index (χ0n) is 18.7. The van der Waals surface area contributed by atoms with Crippen LogP contribution in [0.25, 0.3) is 0 Å². The minimum atomic E-state index is -4.22. The summed E-state index contributed by atoms with van der Waals surface area (Å²) in [6, 6.07) is 9.65. The van der Waals surface area contributed by atoms with Crippen LogP contribution in [0.1, 0.15) is 39.3 Å². The monoisotopic (exact) mass is 492 g/mol. The lowest BCUT2D eigenvalue weighted by molar-refractivity contribution is -0.384. The summed E-state index contributed by atoms with van der Waals surface area (Å²) in [6.45, 7) is 7.39. The number of rotatable bonds is 6. The fraction of sp³-hybridized carbons (Fsp3) is 0.348. The van der Waals surface area contributed by atoms with E-state index in [4.69, 9.17) is 16.3 Å². The van der Waals surface area contributed by atoms with Crippen molar-refractivity contribution in [1.29, 1.82) is 0 Å². The molecule has 2 aromatic rings. The second kappa shape index (κ2) is 9.24. The van der Waals surface area contributed by atoms with E-state index in [-0.39, 0.29) is 22.8 Å². The van der Waals surface area contributed by atoms with Gasteiger partial charge in [-0.2, -0.15) is 4.31 Å². The highest BCUT2D eigenvalue weighted by atomic mass is 35.5. The average molecular weight is 493 g/mol. The van der Waals surface area contributed by atoms with Crippen LogP contribution in [0.5, 0.6) is 0 Å². The number of non-ortho nitro benzene ring substituents is 1. The molecule has 1 aliphatic rings. The number of hydrogen-bond donors (Lipinski definition) is 0. The summed E-state index contributed by atoms with van der Waals surface area (Å²) >= 11 is 6.45. The third-order valence-electron chi connectivity index (χ3n) is 5.38. The number of hydrogen-bond acceptors (Lipinski definition) is 6. The van der Waals surface area contributed by atoms with Gasteiger partial charge in [0.15, 0.2) is 0 Å². The van der Waals surface area contributed by atoms with Gasteiger partial charge in [0, 0.05) is 23.2 Å². The lowest BCUT2D eigenvalue weighted by atomic mass is 9.87. The highest BCUT2D eigenvalue weighted by Gasteiger charge is 2.50. The summed E-state index contributed by atoms with van der Waals surface area (Å²) in [4.78, 5) is 23.2. The minimum Gasteiger partial charge on any atom is -0.463 e. The van der Waals surface area contributed by atoms with Crippen molar-refractivity contribution in [2.45, 2.75) is 44.7 Å². The molecule has 0 saturated carbocycles. The fourth-order valence-corrected chi connectivity index (χ4v) is 5.95. The van der Waals surface area contributed by atoms with Crippen LogP contribution in [-0.2, 0) is 19.6 Å². The Hall–Kier alpha value is -2.75. The smallest absolute Gasteiger partial charge is 0.335 e. The molecule has 1 aliphatic heterocycles. The van der Waals surface area contributed by atoms with Crippen molar-refractivity contribution in [2.75, 3.05) is 6.61 Å². The summed E-state index contributed by atoms with van der Waals surface area (Å²) in [7, 11) is -4.22. The number of benzene rings is 2. The largest absolute Gasteiger partial charge is 0.463 e. The Balaban J connectivity index is 2.24. The molecule has 0 N–H and O–H groups in total. The van der Waals surface area contributed by atoms with Gasteiger partial charge in [-0.1, -0.05) is 56.6 Å². The number of esters is 1. The predicted octanol–water partition coefficient (Wildman–Crippen LogP) is 4.90. The minimum absolute atomic E-state index is 0.126. The zero-order chi connectivity index (χ0) is 24.6. The summed E-state index contributed by atoms with van der Waals surface area (Å²) in [6.07, 6.45) is 1.62. The van der Waals surface area contributed by atoms with Crippen molar-refractivity contribution < 1.29 is 22.9 Å². The molecule has 0 aliphatic carbocycles. The van der Waals surface area contributed by atoms with Crippen LogP contribution < -0.4 is 0 Å². The van der Waals surface area contributed by atoms with Crippen LogP contribution in [0.2, 0.25) is 5.02 Å². The Labute approximate surface area is 198 Å². The van der Waals surface area contributed by atoms with E-state index >= 15 is 0 Å². The molecule has 0 unspecified atom stereocenters. The maximum Gasteiger partial charge on any atom is 0.335 e. The maximum absolute atomic E-state index is 13.9. The maximum atomic E-state index is 13.9. The standard InChI is InChI=1S/C23H25ClN2O6S/c1-5-32-22(27)18-14-20(23(2,3)4)25(21(18)17-8-6-7-9-19(17)24)33(30,31)16-12-10-15(11-13-16)26(28)29/h6-14,20-21H,5H2,1-4H3/t20-,21-/m0/s1.